The molecule has 0 saturated heterocycles. The maximum Gasteiger partial charge on any atom is 0.123 e. The molecule has 2 aromatic carbocycles. The van der Waals surface area contributed by atoms with E-state index in [4.69, 9.17) is 5.73 Å². The Kier molecular flexibility index (Phi) is 3.63. The van der Waals surface area contributed by atoms with E-state index in [1.165, 1.54) is 17.7 Å². The Morgan fingerprint density at radius 2 is 1.78 bits per heavy atom. The maximum absolute atomic E-state index is 13.2. The van der Waals surface area contributed by atoms with Gasteiger partial charge in [0, 0.05) is 25.0 Å². The number of rotatable bonds is 3. The minimum atomic E-state index is -0.253. The fourth-order valence-corrected chi connectivity index (χ4v) is 1.95. The van der Waals surface area contributed by atoms with Gasteiger partial charge in [0.25, 0.3) is 0 Å². The lowest BCUT2D eigenvalue weighted by Crippen LogP contribution is -2.13. The van der Waals surface area contributed by atoms with E-state index < -0.39 is 0 Å². The quantitative estimate of drug-likeness (QED) is 0.897. The minimum Gasteiger partial charge on any atom is -0.344 e. The Bertz CT molecular complexity index is 535. The highest BCUT2D eigenvalue weighted by Crippen LogP contribution is 2.27. The zero-order valence-corrected chi connectivity index (χ0v) is 10.7. The van der Waals surface area contributed by atoms with Crippen molar-refractivity contribution < 1.29 is 4.39 Å². The van der Waals surface area contributed by atoms with Gasteiger partial charge in [0.1, 0.15) is 5.82 Å². The number of benzene rings is 2. The highest BCUT2D eigenvalue weighted by Gasteiger charge is 2.09. The molecule has 2 N–H and O–H groups in total. The van der Waals surface area contributed by atoms with E-state index in [0.717, 1.165) is 16.9 Å². The van der Waals surface area contributed by atoms with E-state index in [-0.39, 0.29) is 5.82 Å². The topological polar surface area (TPSA) is 29.3 Å². The SMILES string of the molecule is Cc1ccc(N(C)c2ccc(F)cc2CN)cc1. The van der Waals surface area contributed by atoms with Crippen LogP contribution in [0.4, 0.5) is 15.8 Å². The molecule has 0 spiro atoms. The Balaban J connectivity index is 2.39. The van der Waals surface area contributed by atoms with Gasteiger partial charge in [-0.05, 0) is 42.8 Å². The second kappa shape index (κ2) is 5.19. The second-order valence-electron chi connectivity index (χ2n) is 4.37. The van der Waals surface area contributed by atoms with Crippen LogP contribution in [0, 0.1) is 12.7 Å². The summed E-state index contributed by atoms with van der Waals surface area (Å²) >= 11 is 0. The lowest BCUT2D eigenvalue weighted by molar-refractivity contribution is 0.625. The molecule has 0 atom stereocenters. The third-order valence-electron chi connectivity index (χ3n) is 3.04. The number of halogens is 1. The molecule has 0 heterocycles. The minimum absolute atomic E-state index is 0.253. The first kappa shape index (κ1) is 12.6. The van der Waals surface area contributed by atoms with Gasteiger partial charge in [-0.3, -0.25) is 0 Å². The molecule has 2 rings (SSSR count). The molecule has 0 aromatic heterocycles. The summed E-state index contributed by atoms with van der Waals surface area (Å²) in [4.78, 5) is 2.01. The average Bonchev–Trinajstić information content (AvgIpc) is 2.38. The number of aryl methyl sites for hydroxylation is 1. The standard InChI is InChI=1S/C15H17FN2/c1-11-3-6-14(7-4-11)18(2)15-8-5-13(16)9-12(15)10-17/h3-9H,10,17H2,1-2H3. The van der Waals surface area contributed by atoms with Crippen LogP contribution in [0.5, 0.6) is 0 Å². The second-order valence-corrected chi connectivity index (χ2v) is 4.37. The van der Waals surface area contributed by atoms with Crippen LogP contribution in [0.15, 0.2) is 42.5 Å². The highest BCUT2D eigenvalue weighted by atomic mass is 19.1. The third-order valence-corrected chi connectivity index (χ3v) is 3.04. The van der Waals surface area contributed by atoms with Gasteiger partial charge in [-0.2, -0.15) is 0 Å². The van der Waals surface area contributed by atoms with Crippen molar-refractivity contribution in [3.63, 3.8) is 0 Å². The predicted molar refractivity (Wildman–Crippen MR) is 73.5 cm³/mol. The van der Waals surface area contributed by atoms with Crippen molar-refractivity contribution in [2.45, 2.75) is 13.5 Å². The predicted octanol–water partition coefficient (Wildman–Crippen LogP) is 3.36. The molecule has 0 bridgehead atoms. The first-order valence-electron chi connectivity index (χ1n) is 5.90. The summed E-state index contributed by atoms with van der Waals surface area (Å²) in [5, 5.41) is 0. The van der Waals surface area contributed by atoms with Crippen molar-refractivity contribution in [2.24, 2.45) is 5.73 Å². The fraction of sp³-hybridized carbons (Fsp3) is 0.200. The molecule has 0 aliphatic heterocycles. The zero-order chi connectivity index (χ0) is 13.1. The number of hydrogen-bond donors (Lipinski definition) is 1. The van der Waals surface area contributed by atoms with Crippen molar-refractivity contribution in [3.8, 4) is 0 Å². The molecule has 0 amide bonds. The highest BCUT2D eigenvalue weighted by molar-refractivity contribution is 5.66. The zero-order valence-electron chi connectivity index (χ0n) is 10.7. The van der Waals surface area contributed by atoms with Gasteiger partial charge in [-0.25, -0.2) is 4.39 Å². The fourth-order valence-electron chi connectivity index (χ4n) is 1.95. The molecule has 0 fully saturated rings. The molecule has 0 aliphatic rings. The number of nitrogens with zero attached hydrogens (tertiary/aromatic N) is 1. The Labute approximate surface area is 107 Å². The van der Waals surface area contributed by atoms with Gasteiger partial charge in [0.05, 0.1) is 0 Å². The molecule has 0 unspecified atom stereocenters. The number of nitrogens with two attached hydrogens (primary N) is 1. The summed E-state index contributed by atoms with van der Waals surface area (Å²) in [5.74, 6) is -0.253. The molecule has 18 heavy (non-hydrogen) atoms. The molecule has 94 valence electrons. The maximum atomic E-state index is 13.2. The smallest absolute Gasteiger partial charge is 0.123 e. The van der Waals surface area contributed by atoms with E-state index in [9.17, 15) is 4.39 Å². The molecular weight excluding hydrogens is 227 g/mol. The third kappa shape index (κ3) is 2.51. The summed E-state index contributed by atoms with van der Waals surface area (Å²) in [6, 6.07) is 12.9. The summed E-state index contributed by atoms with van der Waals surface area (Å²) in [6.07, 6.45) is 0. The van der Waals surface area contributed by atoms with Crippen LogP contribution in [0.1, 0.15) is 11.1 Å². The van der Waals surface area contributed by atoms with E-state index in [2.05, 4.69) is 12.1 Å². The molecule has 0 radical (unpaired) electrons. The van der Waals surface area contributed by atoms with Crippen LogP contribution in [0.3, 0.4) is 0 Å². The van der Waals surface area contributed by atoms with Crippen molar-refractivity contribution in [1.82, 2.24) is 0 Å². The van der Waals surface area contributed by atoms with E-state index >= 15 is 0 Å². The molecule has 3 heteroatoms. The van der Waals surface area contributed by atoms with E-state index in [1.54, 1.807) is 6.07 Å². The number of hydrogen-bond acceptors (Lipinski definition) is 2. The van der Waals surface area contributed by atoms with Crippen LogP contribution in [-0.4, -0.2) is 7.05 Å². The lowest BCUT2D eigenvalue weighted by atomic mass is 10.1. The van der Waals surface area contributed by atoms with Crippen LogP contribution >= 0.6 is 0 Å². The molecule has 2 nitrogen and oxygen atoms in total. The Morgan fingerprint density at radius 1 is 1.11 bits per heavy atom. The van der Waals surface area contributed by atoms with Crippen molar-refractivity contribution in [2.75, 3.05) is 11.9 Å². The average molecular weight is 244 g/mol. The van der Waals surface area contributed by atoms with Crippen molar-refractivity contribution in [3.05, 3.63) is 59.4 Å². The van der Waals surface area contributed by atoms with Crippen molar-refractivity contribution in [1.29, 1.82) is 0 Å². The molecule has 0 saturated carbocycles. The van der Waals surface area contributed by atoms with Crippen molar-refractivity contribution >= 4 is 11.4 Å². The lowest BCUT2D eigenvalue weighted by Gasteiger charge is -2.22. The monoisotopic (exact) mass is 244 g/mol. The molecule has 0 aliphatic carbocycles. The normalized spacial score (nSPS) is 10.4. The van der Waals surface area contributed by atoms with Gasteiger partial charge in [-0.1, -0.05) is 17.7 Å². The van der Waals surface area contributed by atoms with Crippen LogP contribution in [0.2, 0.25) is 0 Å². The first-order valence-corrected chi connectivity index (χ1v) is 5.90. The van der Waals surface area contributed by atoms with Gasteiger partial charge < -0.3 is 10.6 Å². The summed E-state index contributed by atoms with van der Waals surface area (Å²) in [5.41, 5.74) is 9.67. The van der Waals surface area contributed by atoms with Gasteiger partial charge in [0.15, 0.2) is 0 Å². The molecular formula is C15H17FN2. The van der Waals surface area contributed by atoms with Gasteiger partial charge >= 0.3 is 0 Å². The van der Waals surface area contributed by atoms with Gasteiger partial charge in [0.2, 0.25) is 0 Å². The Morgan fingerprint density at radius 3 is 2.39 bits per heavy atom. The summed E-state index contributed by atoms with van der Waals surface area (Å²) in [6.45, 7) is 2.37. The van der Waals surface area contributed by atoms with Crippen LogP contribution in [-0.2, 0) is 6.54 Å². The van der Waals surface area contributed by atoms with Crippen LogP contribution in [0.25, 0.3) is 0 Å². The van der Waals surface area contributed by atoms with E-state index in [0.29, 0.717) is 6.54 Å². The van der Waals surface area contributed by atoms with Gasteiger partial charge in [-0.15, -0.1) is 0 Å². The summed E-state index contributed by atoms with van der Waals surface area (Å²) in [7, 11) is 1.96. The van der Waals surface area contributed by atoms with E-state index in [1.807, 2.05) is 31.0 Å². The Hall–Kier alpha value is -1.87. The summed E-state index contributed by atoms with van der Waals surface area (Å²) < 4.78 is 13.2. The number of anilines is 2. The largest absolute Gasteiger partial charge is 0.344 e. The molecule has 2 aromatic rings. The first-order chi connectivity index (χ1) is 8.61. The van der Waals surface area contributed by atoms with Crippen LogP contribution < -0.4 is 10.6 Å².